The average molecular weight is 376 g/mol. The van der Waals surface area contributed by atoms with E-state index in [1.807, 2.05) is 13.8 Å². The zero-order valence-corrected chi connectivity index (χ0v) is 14.1. The van der Waals surface area contributed by atoms with Crippen molar-refractivity contribution in [2.45, 2.75) is 20.0 Å². The summed E-state index contributed by atoms with van der Waals surface area (Å²) in [4.78, 5) is 0. The number of aliphatic hydroxyl groups is 1. The van der Waals surface area contributed by atoms with Gasteiger partial charge in [-0.05, 0) is 48.0 Å². The highest BCUT2D eigenvalue weighted by atomic mass is 79.9. The monoisotopic (exact) mass is 374 g/mol. The molecule has 0 aliphatic rings. The summed E-state index contributed by atoms with van der Waals surface area (Å²) >= 11 is 9.45. The Morgan fingerprint density at radius 2 is 1.81 bits per heavy atom. The molecule has 2 aromatic rings. The number of halogens is 2. The predicted octanol–water partition coefficient (Wildman–Crippen LogP) is 4.57. The number of hydrogen-bond donors (Lipinski definition) is 1. The van der Waals surface area contributed by atoms with Crippen LogP contribution in [0.3, 0.4) is 0 Å². The van der Waals surface area contributed by atoms with Crippen molar-refractivity contribution in [2.75, 3.05) is 13.2 Å². The highest BCUT2D eigenvalue weighted by Gasteiger charge is 2.21. The molecule has 1 atom stereocenters. The molecule has 114 valence electrons. The fourth-order valence-corrected chi connectivity index (χ4v) is 2.50. The van der Waals surface area contributed by atoms with Crippen LogP contribution in [0.5, 0.6) is 11.5 Å². The number of furan rings is 1. The summed E-state index contributed by atoms with van der Waals surface area (Å²) in [5.41, 5.74) is 0.505. The van der Waals surface area contributed by atoms with Crippen LogP contribution in [-0.2, 0) is 0 Å². The molecule has 1 unspecified atom stereocenters. The van der Waals surface area contributed by atoms with Crippen LogP contribution in [0.15, 0.2) is 33.4 Å². The second kappa shape index (κ2) is 7.20. The molecule has 0 saturated heterocycles. The van der Waals surface area contributed by atoms with Gasteiger partial charge in [0.2, 0.25) is 0 Å². The van der Waals surface area contributed by atoms with Crippen molar-refractivity contribution >= 4 is 27.5 Å². The zero-order valence-electron chi connectivity index (χ0n) is 11.7. The predicted molar refractivity (Wildman–Crippen MR) is 84.3 cm³/mol. The van der Waals surface area contributed by atoms with E-state index in [1.54, 1.807) is 24.3 Å². The minimum Gasteiger partial charge on any atom is -0.490 e. The molecule has 0 saturated carbocycles. The van der Waals surface area contributed by atoms with Crippen LogP contribution in [0.25, 0.3) is 0 Å². The minimum absolute atomic E-state index is 0.391. The molecule has 0 aliphatic carbocycles. The summed E-state index contributed by atoms with van der Waals surface area (Å²) in [6.45, 7) is 4.75. The highest BCUT2D eigenvalue weighted by Crippen LogP contribution is 2.38. The molecular weight excluding hydrogens is 360 g/mol. The maximum absolute atomic E-state index is 10.4. The van der Waals surface area contributed by atoms with Crippen molar-refractivity contribution in [2.24, 2.45) is 0 Å². The van der Waals surface area contributed by atoms with Gasteiger partial charge in [-0.2, -0.15) is 0 Å². The van der Waals surface area contributed by atoms with Crippen molar-refractivity contribution in [1.29, 1.82) is 0 Å². The van der Waals surface area contributed by atoms with E-state index in [9.17, 15) is 5.11 Å². The van der Waals surface area contributed by atoms with E-state index in [4.69, 9.17) is 25.5 Å². The highest BCUT2D eigenvalue weighted by molar-refractivity contribution is 9.10. The Morgan fingerprint density at radius 1 is 1.19 bits per heavy atom. The topological polar surface area (TPSA) is 51.8 Å². The fraction of sp³-hybridized carbons (Fsp3) is 0.333. The lowest BCUT2D eigenvalue weighted by atomic mass is 10.1. The molecule has 1 aromatic carbocycles. The third-order valence-electron chi connectivity index (χ3n) is 2.82. The largest absolute Gasteiger partial charge is 0.490 e. The molecule has 2 rings (SSSR count). The van der Waals surface area contributed by atoms with Gasteiger partial charge in [-0.25, -0.2) is 0 Å². The van der Waals surface area contributed by atoms with E-state index in [1.165, 1.54) is 0 Å². The van der Waals surface area contributed by atoms with E-state index >= 15 is 0 Å². The molecule has 21 heavy (non-hydrogen) atoms. The molecule has 4 nitrogen and oxygen atoms in total. The Bertz CT molecular complexity index is 612. The van der Waals surface area contributed by atoms with E-state index < -0.39 is 6.10 Å². The molecule has 1 heterocycles. The molecule has 1 N–H and O–H groups in total. The van der Waals surface area contributed by atoms with Gasteiger partial charge in [-0.15, -0.1) is 0 Å². The molecule has 0 amide bonds. The first-order valence-corrected chi connectivity index (χ1v) is 7.76. The minimum atomic E-state index is -0.973. The standard InChI is InChI=1S/C15H16BrClO4/c1-3-19-12-7-9(10(17)8-13(12)20-4-2)15(18)11-5-6-14(16)21-11/h5-8,15,18H,3-4H2,1-2H3. The van der Waals surface area contributed by atoms with Crippen LogP contribution in [0.1, 0.15) is 31.3 Å². The van der Waals surface area contributed by atoms with Crippen LogP contribution in [0.2, 0.25) is 5.02 Å². The van der Waals surface area contributed by atoms with E-state index in [0.717, 1.165) is 0 Å². The van der Waals surface area contributed by atoms with Crippen molar-refractivity contribution in [3.63, 3.8) is 0 Å². The van der Waals surface area contributed by atoms with Gasteiger partial charge in [0.05, 0.1) is 18.2 Å². The molecular formula is C15H16BrClO4. The second-order valence-corrected chi connectivity index (χ2v) is 5.42. The van der Waals surface area contributed by atoms with Crippen LogP contribution in [0, 0.1) is 0 Å². The fourth-order valence-electron chi connectivity index (χ4n) is 1.93. The van der Waals surface area contributed by atoms with Crippen molar-refractivity contribution < 1.29 is 19.0 Å². The number of hydrogen-bond acceptors (Lipinski definition) is 4. The van der Waals surface area contributed by atoms with Gasteiger partial charge in [-0.1, -0.05) is 11.6 Å². The summed E-state index contributed by atoms with van der Waals surface area (Å²) in [5.74, 6) is 1.50. The van der Waals surface area contributed by atoms with Gasteiger partial charge in [0.1, 0.15) is 11.9 Å². The van der Waals surface area contributed by atoms with Crippen LogP contribution in [-0.4, -0.2) is 18.3 Å². The van der Waals surface area contributed by atoms with Gasteiger partial charge in [0.15, 0.2) is 16.2 Å². The maximum Gasteiger partial charge on any atom is 0.169 e. The maximum atomic E-state index is 10.4. The first-order chi connectivity index (χ1) is 10.1. The van der Waals surface area contributed by atoms with E-state index in [2.05, 4.69) is 15.9 Å². The Hall–Kier alpha value is -1.17. The Morgan fingerprint density at radius 3 is 2.33 bits per heavy atom. The summed E-state index contributed by atoms with van der Waals surface area (Å²) in [5, 5.41) is 10.8. The van der Waals surface area contributed by atoms with Gasteiger partial charge in [-0.3, -0.25) is 0 Å². The van der Waals surface area contributed by atoms with E-state index in [-0.39, 0.29) is 0 Å². The van der Waals surface area contributed by atoms with Crippen molar-refractivity contribution in [3.8, 4) is 11.5 Å². The molecule has 0 fully saturated rings. The molecule has 0 aliphatic heterocycles. The number of rotatable bonds is 6. The van der Waals surface area contributed by atoms with Gasteiger partial charge >= 0.3 is 0 Å². The normalized spacial score (nSPS) is 12.2. The SMILES string of the molecule is CCOc1cc(Cl)c(C(O)c2ccc(Br)o2)cc1OCC. The van der Waals surface area contributed by atoms with Crippen LogP contribution < -0.4 is 9.47 Å². The molecule has 0 radical (unpaired) electrons. The smallest absolute Gasteiger partial charge is 0.169 e. The van der Waals surface area contributed by atoms with Gasteiger partial charge in [0.25, 0.3) is 0 Å². The number of benzene rings is 1. The summed E-state index contributed by atoms with van der Waals surface area (Å²) in [6.07, 6.45) is -0.973. The van der Waals surface area contributed by atoms with Crippen LogP contribution in [0.4, 0.5) is 0 Å². The lowest BCUT2D eigenvalue weighted by molar-refractivity contribution is 0.187. The first kappa shape index (κ1) is 16.2. The number of ether oxygens (including phenoxy) is 2. The lowest BCUT2D eigenvalue weighted by Crippen LogP contribution is -2.03. The summed E-state index contributed by atoms with van der Waals surface area (Å²) < 4.78 is 16.9. The molecule has 0 spiro atoms. The quantitative estimate of drug-likeness (QED) is 0.803. The molecule has 6 heteroatoms. The Labute approximate surface area is 136 Å². The van der Waals surface area contributed by atoms with Gasteiger partial charge in [0, 0.05) is 11.6 Å². The Kier molecular flexibility index (Phi) is 5.56. The summed E-state index contributed by atoms with van der Waals surface area (Å²) in [6, 6.07) is 6.72. The van der Waals surface area contributed by atoms with Crippen molar-refractivity contribution in [1.82, 2.24) is 0 Å². The van der Waals surface area contributed by atoms with Gasteiger partial charge < -0.3 is 19.0 Å². The Balaban J connectivity index is 2.40. The third kappa shape index (κ3) is 3.73. The van der Waals surface area contributed by atoms with E-state index in [0.29, 0.717) is 45.7 Å². The molecule has 0 bridgehead atoms. The average Bonchev–Trinajstić information content (AvgIpc) is 2.88. The second-order valence-electron chi connectivity index (χ2n) is 4.23. The van der Waals surface area contributed by atoms with Crippen LogP contribution >= 0.6 is 27.5 Å². The number of aliphatic hydroxyl groups excluding tert-OH is 1. The third-order valence-corrected chi connectivity index (χ3v) is 3.57. The zero-order chi connectivity index (χ0) is 15.4. The summed E-state index contributed by atoms with van der Waals surface area (Å²) in [7, 11) is 0. The van der Waals surface area contributed by atoms with Crippen molar-refractivity contribution in [3.05, 3.63) is 45.3 Å². The molecule has 1 aromatic heterocycles. The lowest BCUT2D eigenvalue weighted by Gasteiger charge is -2.16. The first-order valence-electron chi connectivity index (χ1n) is 6.59.